The predicted octanol–water partition coefficient (Wildman–Crippen LogP) is 1.05. The van der Waals surface area contributed by atoms with Gasteiger partial charge < -0.3 is 20.2 Å². The fourth-order valence-corrected chi connectivity index (χ4v) is 3.86. The molecular formula is C23H30N2O4. The topological polar surface area (TPSA) is 84.2 Å². The SMILES string of the molecule is O=C(CCc1ccccc1)N1C[C@@H](O)[C@](O)(CN(CCO)Cc2ccccc2)C1. The van der Waals surface area contributed by atoms with E-state index in [0.29, 0.717) is 25.9 Å². The van der Waals surface area contributed by atoms with E-state index in [9.17, 15) is 20.1 Å². The van der Waals surface area contributed by atoms with Crippen LogP contribution in [0.2, 0.25) is 0 Å². The summed E-state index contributed by atoms with van der Waals surface area (Å²) in [5.74, 6) is -0.0689. The second-order valence-electron chi connectivity index (χ2n) is 7.80. The van der Waals surface area contributed by atoms with Gasteiger partial charge in [-0.15, -0.1) is 0 Å². The van der Waals surface area contributed by atoms with Crippen molar-refractivity contribution in [3.05, 3.63) is 71.8 Å². The molecule has 0 bridgehead atoms. The van der Waals surface area contributed by atoms with Gasteiger partial charge in [-0.25, -0.2) is 0 Å². The first-order chi connectivity index (χ1) is 14.0. The van der Waals surface area contributed by atoms with Gasteiger partial charge in [-0.3, -0.25) is 9.69 Å². The highest BCUT2D eigenvalue weighted by atomic mass is 16.3. The van der Waals surface area contributed by atoms with Gasteiger partial charge in [-0.05, 0) is 17.5 Å². The minimum atomic E-state index is -1.41. The van der Waals surface area contributed by atoms with Crippen LogP contribution in [0.4, 0.5) is 0 Å². The van der Waals surface area contributed by atoms with E-state index < -0.39 is 11.7 Å². The summed E-state index contributed by atoms with van der Waals surface area (Å²) < 4.78 is 0. The fraction of sp³-hybridized carbons (Fsp3) is 0.435. The Morgan fingerprint density at radius 1 is 1.07 bits per heavy atom. The van der Waals surface area contributed by atoms with Gasteiger partial charge in [0.2, 0.25) is 5.91 Å². The fourth-order valence-electron chi connectivity index (χ4n) is 3.86. The minimum absolute atomic E-state index is 0.0429. The zero-order valence-corrected chi connectivity index (χ0v) is 16.7. The summed E-state index contributed by atoms with van der Waals surface area (Å²) in [7, 11) is 0. The van der Waals surface area contributed by atoms with E-state index in [0.717, 1.165) is 11.1 Å². The molecule has 1 aliphatic rings. The third-order valence-electron chi connectivity index (χ3n) is 5.46. The molecule has 2 atom stereocenters. The zero-order chi connectivity index (χ0) is 20.7. The summed E-state index contributed by atoms with van der Waals surface area (Å²) >= 11 is 0. The van der Waals surface area contributed by atoms with Crippen LogP contribution in [0.15, 0.2) is 60.7 Å². The van der Waals surface area contributed by atoms with Crippen LogP contribution in [0.25, 0.3) is 0 Å². The molecule has 0 radical (unpaired) electrons. The molecule has 6 heteroatoms. The molecule has 0 aliphatic carbocycles. The first kappa shape index (κ1) is 21.5. The highest BCUT2D eigenvalue weighted by molar-refractivity contribution is 5.77. The molecule has 3 N–H and O–H groups in total. The molecule has 1 amide bonds. The van der Waals surface area contributed by atoms with Gasteiger partial charge in [-0.2, -0.15) is 0 Å². The van der Waals surface area contributed by atoms with Crippen LogP contribution in [0.5, 0.6) is 0 Å². The lowest BCUT2D eigenvalue weighted by molar-refractivity contribution is -0.131. The number of aliphatic hydroxyl groups is 3. The summed E-state index contributed by atoms with van der Waals surface area (Å²) in [6.45, 7) is 1.30. The van der Waals surface area contributed by atoms with Crippen LogP contribution in [-0.4, -0.2) is 75.5 Å². The third-order valence-corrected chi connectivity index (χ3v) is 5.46. The van der Waals surface area contributed by atoms with Gasteiger partial charge in [0, 0.05) is 32.6 Å². The maximum atomic E-state index is 12.6. The molecule has 29 heavy (non-hydrogen) atoms. The number of nitrogens with zero attached hydrogens (tertiary/aromatic N) is 2. The number of β-amino-alcohol motifs (C(OH)–C–C–N with tert-alkyl or cyclic N) is 2. The lowest BCUT2D eigenvalue weighted by Gasteiger charge is -2.33. The minimum Gasteiger partial charge on any atom is -0.395 e. The van der Waals surface area contributed by atoms with Crippen molar-refractivity contribution < 1.29 is 20.1 Å². The smallest absolute Gasteiger partial charge is 0.223 e. The van der Waals surface area contributed by atoms with Crippen molar-refractivity contribution in [1.29, 1.82) is 0 Å². The number of aliphatic hydroxyl groups excluding tert-OH is 2. The Balaban J connectivity index is 1.58. The molecule has 0 aromatic heterocycles. The molecule has 2 aromatic rings. The quantitative estimate of drug-likeness (QED) is 0.588. The normalized spacial score (nSPS) is 21.7. The molecule has 1 fully saturated rings. The van der Waals surface area contributed by atoms with E-state index in [2.05, 4.69) is 0 Å². The second-order valence-corrected chi connectivity index (χ2v) is 7.80. The molecule has 156 valence electrons. The molecule has 2 aromatic carbocycles. The van der Waals surface area contributed by atoms with Crippen LogP contribution in [-0.2, 0) is 17.8 Å². The Hall–Kier alpha value is -2.25. The maximum absolute atomic E-state index is 12.6. The van der Waals surface area contributed by atoms with Gasteiger partial charge >= 0.3 is 0 Å². The molecule has 3 rings (SSSR count). The van der Waals surface area contributed by atoms with Gasteiger partial charge in [-0.1, -0.05) is 60.7 Å². The average molecular weight is 399 g/mol. The average Bonchev–Trinajstić information content (AvgIpc) is 3.02. The number of hydrogen-bond donors (Lipinski definition) is 3. The maximum Gasteiger partial charge on any atom is 0.223 e. The zero-order valence-electron chi connectivity index (χ0n) is 16.7. The van der Waals surface area contributed by atoms with E-state index in [1.165, 1.54) is 0 Å². The van der Waals surface area contributed by atoms with Gasteiger partial charge in [0.25, 0.3) is 0 Å². The van der Waals surface area contributed by atoms with Crippen LogP contribution in [0.3, 0.4) is 0 Å². The standard InChI is InChI=1S/C23H30N2O4/c26-14-13-24(15-20-9-5-2-6-10-20)17-23(29)18-25(16-21(23)27)22(28)12-11-19-7-3-1-4-8-19/h1-10,21,26-27,29H,11-18H2/t21-,23+/m1/s1. The Morgan fingerprint density at radius 2 is 1.69 bits per heavy atom. The van der Waals surface area contributed by atoms with Crippen molar-refractivity contribution in [3.63, 3.8) is 0 Å². The predicted molar refractivity (Wildman–Crippen MR) is 111 cm³/mol. The van der Waals surface area contributed by atoms with E-state index >= 15 is 0 Å². The van der Waals surface area contributed by atoms with Gasteiger partial charge in [0.1, 0.15) is 11.7 Å². The third kappa shape index (κ3) is 5.87. The number of carbonyl (C=O) groups excluding carboxylic acids is 1. The molecular weight excluding hydrogens is 368 g/mol. The Bertz CT molecular complexity index is 771. The number of hydrogen-bond acceptors (Lipinski definition) is 5. The van der Waals surface area contributed by atoms with Crippen molar-refractivity contribution >= 4 is 5.91 Å². The van der Waals surface area contributed by atoms with Crippen LogP contribution in [0, 0.1) is 0 Å². The van der Waals surface area contributed by atoms with E-state index in [4.69, 9.17) is 0 Å². The molecule has 1 aliphatic heterocycles. The lowest BCUT2D eigenvalue weighted by atomic mass is 9.99. The number of benzene rings is 2. The molecule has 1 heterocycles. The molecule has 1 saturated heterocycles. The van der Waals surface area contributed by atoms with Gasteiger partial charge in [0.05, 0.1) is 13.2 Å². The van der Waals surface area contributed by atoms with Crippen molar-refractivity contribution in [2.24, 2.45) is 0 Å². The number of carbonyl (C=O) groups is 1. The number of rotatable bonds is 9. The first-order valence-corrected chi connectivity index (χ1v) is 10.1. The largest absolute Gasteiger partial charge is 0.395 e. The summed E-state index contributed by atoms with van der Waals surface area (Å²) in [6, 6.07) is 19.6. The van der Waals surface area contributed by atoms with Gasteiger partial charge in [0.15, 0.2) is 0 Å². The highest BCUT2D eigenvalue weighted by Crippen LogP contribution is 2.25. The molecule has 0 unspecified atom stereocenters. The Labute approximate surface area is 172 Å². The lowest BCUT2D eigenvalue weighted by Crippen LogP contribution is -2.51. The first-order valence-electron chi connectivity index (χ1n) is 10.1. The van der Waals surface area contributed by atoms with Crippen molar-refractivity contribution in [1.82, 2.24) is 9.80 Å². The van der Waals surface area contributed by atoms with Crippen LogP contribution < -0.4 is 0 Å². The highest BCUT2D eigenvalue weighted by Gasteiger charge is 2.46. The van der Waals surface area contributed by atoms with E-state index in [1.54, 1.807) is 4.90 Å². The van der Waals surface area contributed by atoms with Crippen molar-refractivity contribution in [2.45, 2.75) is 31.1 Å². The number of likely N-dealkylation sites (tertiary alicyclic amines) is 1. The Kier molecular flexibility index (Phi) is 7.39. The van der Waals surface area contributed by atoms with E-state index in [-0.39, 0.29) is 32.1 Å². The van der Waals surface area contributed by atoms with E-state index in [1.807, 2.05) is 65.6 Å². The second kappa shape index (κ2) is 9.98. The summed E-state index contributed by atoms with van der Waals surface area (Å²) in [6.07, 6.45) is -0.0351. The molecule has 0 saturated carbocycles. The molecule has 6 nitrogen and oxygen atoms in total. The summed E-state index contributed by atoms with van der Waals surface area (Å²) in [5, 5.41) is 31.0. The number of amides is 1. The number of aryl methyl sites for hydroxylation is 1. The Morgan fingerprint density at radius 3 is 2.31 bits per heavy atom. The summed E-state index contributed by atoms with van der Waals surface area (Å²) in [4.78, 5) is 16.1. The summed E-state index contributed by atoms with van der Waals surface area (Å²) in [5.41, 5.74) is 0.743. The van der Waals surface area contributed by atoms with Crippen LogP contribution in [0.1, 0.15) is 17.5 Å². The monoisotopic (exact) mass is 398 g/mol. The molecule has 0 spiro atoms. The van der Waals surface area contributed by atoms with Crippen LogP contribution >= 0.6 is 0 Å². The van der Waals surface area contributed by atoms with Crippen molar-refractivity contribution in [3.8, 4) is 0 Å². The van der Waals surface area contributed by atoms with Crippen molar-refractivity contribution in [2.75, 3.05) is 32.8 Å².